The Bertz CT molecular complexity index is 277. The van der Waals surface area contributed by atoms with Crippen molar-refractivity contribution in [2.45, 2.75) is 70.3 Å². The second kappa shape index (κ2) is 6.08. The fourth-order valence-electron chi connectivity index (χ4n) is 3.01. The van der Waals surface area contributed by atoms with Crippen LogP contribution in [-0.4, -0.2) is 42.3 Å². The lowest BCUT2D eigenvalue weighted by Crippen LogP contribution is -2.49. The van der Waals surface area contributed by atoms with E-state index in [2.05, 4.69) is 19.2 Å². The Balaban J connectivity index is 1.74. The van der Waals surface area contributed by atoms with E-state index in [1.807, 2.05) is 6.92 Å². The summed E-state index contributed by atoms with van der Waals surface area (Å²) in [7, 11) is 0. The monoisotopic (exact) mass is 271 g/mol. The smallest absolute Gasteiger partial charge is 0.168 e. The number of aliphatic hydroxyl groups is 1. The van der Waals surface area contributed by atoms with Crippen molar-refractivity contribution in [2.75, 3.05) is 19.8 Å². The van der Waals surface area contributed by atoms with Crippen LogP contribution >= 0.6 is 0 Å². The fourth-order valence-corrected chi connectivity index (χ4v) is 3.01. The molecule has 1 saturated heterocycles. The summed E-state index contributed by atoms with van der Waals surface area (Å²) in [5.74, 6) is 0.0358. The standard InChI is InChI=1S/C15H29NO3/c1-4-12(2)14(3,17)11-16-13-5-7-15(8-6-13)18-9-10-19-15/h12-13,16-17H,4-11H2,1-3H3. The van der Waals surface area contributed by atoms with Gasteiger partial charge in [0, 0.05) is 25.4 Å². The third kappa shape index (κ3) is 3.69. The van der Waals surface area contributed by atoms with Crippen molar-refractivity contribution < 1.29 is 14.6 Å². The molecule has 1 aliphatic carbocycles. The minimum absolute atomic E-state index is 0.280. The van der Waals surface area contributed by atoms with Crippen molar-refractivity contribution in [3.05, 3.63) is 0 Å². The molecule has 0 radical (unpaired) electrons. The molecule has 1 heterocycles. The first-order valence-electron chi connectivity index (χ1n) is 7.71. The van der Waals surface area contributed by atoms with Crippen molar-refractivity contribution in [3.8, 4) is 0 Å². The molecule has 0 bridgehead atoms. The Labute approximate surface area is 116 Å². The summed E-state index contributed by atoms with van der Waals surface area (Å²) in [6.45, 7) is 8.31. The average molecular weight is 271 g/mol. The van der Waals surface area contributed by atoms with E-state index < -0.39 is 5.60 Å². The minimum atomic E-state index is -0.621. The zero-order chi connectivity index (χ0) is 13.9. The van der Waals surface area contributed by atoms with Crippen molar-refractivity contribution in [1.29, 1.82) is 0 Å². The summed E-state index contributed by atoms with van der Waals surface area (Å²) >= 11 is 0. The molecule has 2 rings (SSSR count). The number of nitrogens with one attached hydrogen (secondary N) is 1. The van der Waals surface area contributed by atoms with Crippen LogP contribution in [0.2, 0.25) is 0 Å². The Morgan fingerprint density at radius 3 is 2.42 bits per heavy atom. The maximum atomic E-state index is 10.4. The molecule has 1 spiro atoms. The average Bonchev–Trinajstić information content (AvgIpc) is 2.85. The highest BCUT2D eigenvalue weighted by Gasteiger charge is 2.40. The van der Waals surface area contributed by atoms with Gasteiger partial charge in [-0.3, -0.25) is 0 Å². The number of ether oxygens (including phenoxy) is 2. The summed E-state index contributed by atoms with van der Waals surface area (Å²) in [5.41, 5.74) is -0.621. The molecule has 1 aliphatic heterocycles. The van der Waals surface area contributed by atoms with Crippen LogP contribution in [0.3, 0.4) is 0 Å². The summed E-state index contributed by atoms with van der Waals surface area (Å²) in [5, 5.41) is 13.9. The Morgan fingerprint density at radius 1 is 1.32 bits per heavy atom. The third-order valence-electron chi connectivity index (χ3n) is 4.98. The number of rotatable bonds is 5. The van der Waals surface area contributed by atoms with Crippen molar-refractivity contribution >= 4 is 0 Å². The van der Waals surface area contributed by atoms with E-state index in [-0.39, 0.29) is 5.79 Å². The van der Waals surface area contributed by atoms with Crippen molar-refractivity contribution in [1.82, 2.24) is 5.32 Å². The van der Waals surface area contributed by atoms with Crippen LogP contribution in [-0.2, 0) is 9.47 Å². The first-order chi connectivity index (χ1) is 8.97. The van der Waals surface area contributed by atoms with E-state index in [0.717, 1.165) is 45.3 Å². The Kier molecular flexibility index (Phi) is 4.88. The second-order valence-corrected chi connectivity index (χ2v) is 6.43. The molecule has 2 unspecified atom stereocenters. The van der Waals surface area contributed by atoms with E-state index in [1.165, 1.54) is 0 Å². The van der Waals surface area contributed by atoms with Gasteiger partial charge >= 0.3 is 0 Å². The van der Waals surface area contributed by atoms with Gasteiger partial charge in [0.2, 0.25) is 0 Å². The van der Waals surface area contributed by atoms with E-state index >= 15 is 0 Å². The fraction of sp³-hybridized carbons (Fsp3) is 1.00. The summed E-state index contributed by atoms with van der Waals surface area (Å²) in [6, 6.07) is 0.481. The molecule has 2 aliphatic rings. The van der Waals surface area contributed by atoms with Crippen LogP contribution in [0.5, 0.6) is 0 Å². The highest BCUT2D eigenvalue weighted by atomic mass is 16.7. The van der Waals surface area contributed by atoms with Gasteiger partial charge in [-0.05, 0) is 25.7 Å². The van der Waals surface area contributed by atoms with Gasteiger partial charge in [-0.25, -0.2) is 0 Å². The van der Waals surface area contributed by atoms with Crippen LogP contribution in [0.1, 0.15) is 52.9 Å². The van der Waals surface area contributed by atoms with Crippen molar-refractivity contribution in [2.24, 2.45) is 5.92 Å². The highest BCUT2D eigenvalue weighted by Crippen LogP contribution is 2.35. The van der Waals surface area contributed by atoms with E-state index in [1.54, 1.807) is 0 Å². The molecule has 4 heteroatoms. The zero-order valence-corrected chi connectivity index (χ0v) is 12.6. The molecule has 4 nitrogen and oxygen atoms in total. The van der Waals surface area contributed by atoms with Gasteiger partial charge in [0.15, 0.2) is 5.79 Å². The minimum Gasteiger partial charge on any atom is -0.389 e. The first kappa shape index (κ1) is 15.2. The molecule has 112 valence electrons. The van der Waals surface area contributed by atoms with Crippen molar-refractivity contribution in [3.63, 3.8) is 0 Å². The molecule has 2 atom stereocenters. The SMILES string of the molecule is CCC(C)C(C)(O)CNC1CCC2(CC1)OCCO2. The van der Waals surface area contributed by atoms with Gasteiger partial charge in [0.1, 0.15) is 0 Å². The molecule has 2 N–H and O–H groups in total. The van der Waals surface area contributed by atoms with Gasteiger partial charge in [0.05, 0.1) is 18.8 Å². The number of hydrogen-bond acceptors (Lipinski definition) is 4. The third-order valence-corrected chi connectivity index (χ3v) is 4.98. The summed E-state index contributed by atoms with van der Waals surface area (Å²) in [6.07, 6.45) is 5.07. The predicted molar refractivity (Wildman–Crippen MR) is 75.0 cm³/mol. The van der Waals surface area contributed by atoms with E-state index in [4.69, 9.17) is 9.47 Å². The molecule has 0 aromatic carbocycles. The van der Waals surface area contributed by atoms with Gasteiger partial charge in [0.25, 0.3) is 0 Å². The molecule has 19 heavy (non-hydrogen) atoms. The van der Waals surface area contributed by atoms with Gasteiger partial charge in [-0.1, -0.05) is 20.3 Å². The second-order valence-electron chi connectivity index (χ2n) is 6.43. The molecule has 0 aromatic rings. The molecular formula is C15H29NO3. The van der Waals surface area contributed by atoms with Crippen LogP contribution in [0.25, 0.3) is 0 Å². The van der Waals surface area contributed by atoms with Gasteiger partial charge < -0.3 is 19.9 Å². The number of hydrogen-bond donors (Lipinski definition) is 2. The quantitative estimate of drug-likeness (QED) is 0.803. The zero-order valence-electron chi connectivity index (χ0n) is 12.6. The van der Waals surface area contributed by atoms with Crippen LogP contribution in [0.15, 0.2) is 0 Å². The van der Waals surface area contributed by atoms with Crippen LogP contribution < -0.4 is 5.32 Å². The lowest BCUT2D eigenvalue weighted by atomic mass is 9.86. The predicted octanol–water partition coefficient (Wildman–Crippen LogP) is 2.06. The molecule has 1 saturated carbocycles. The van der Waals surface area contributed by atoms with Crippen LogP contribution in [0.4, 0.5) is 0 Å². The van der Waals surface area contributed by atoms with Gasteiger partial charge in [-0.15, -0.1) is 0 Å². The normalized spacial score (nSPS) is 28.4. The topological polar surface area (TPSA) is 50.7 Å². The molecule has 0 amide bonds. The van der Waals surface area contributed by atoms with E-state index in [9.17, 15) is 5.11 Å². The first-order valence-corrected chi connectivity index (χ1v) is 7.71. The van der Waals surface area contributed by atoms with Gasteiger partial charge in [-0.2, -0.15) is 0 Å². The maximum absolute atomic E-state index is 10.4. The molecular weight excluding hydrogens is 242 g/mol. The molecule has 0 aromatic heterocycles. The Hall–Kier alpha value is -0.160. The highest BCUT2D eigenvalue weighted by molar-refractivity contribution is 4.88. The lowest BCUT2D eigenvalue weighted by molar-refractivity contribution is -0.179. The van der Waals surface area contributed by atoms with E-state index in [0.29, 0.717) is 18.5 Å². The largest absolute Gasteiger partial charge is 0.389 e. The summed E-state index contributed by atoms with van der Waals surface area (Å²) < 4.78 is 11.5. The molecule has 2 fully saturated rings. The van der Waals surface area contributed by atoms with Crippen LogP contribution in [0, 0.1) is 5.92 Å². The summed E-state index contributed by atoms with van der Waals surface area (Å²) in [4.78, 5) is 0. The Morgan fingerprint density at radius 2 is 1.89 bits per heavy atom. The maximum Gasteiger partial charge on any atom is 0.168 e. The lowest BCUT2D eigenvalue weighted by Gasteiger charge is -2.38.